The third-order valence-corrected chi connectivity index (χ3v) is 6.67. The van der Waals surface area contributed by atoms with Gasteiger partial charge in [0.1, 0.15) is 0 Å². The number of rotatable bonds is 6. The Bertz CT molecular complexity index is 1200. The van der Waals surface area contributed by atoms with Crippen molar-refractivity contribution in [1.29, 1.82) is 0 Å². The quantitative estimate of drug-likeness (QED) is 0.230. The minimum atomic E-state index is -0.462. The van der Waals surface area contributed by atoms with Crippen LogP contribution in [0.2, 0.25) is 5.02 Å². The molecule has 0 spiro atoms. The second-order valence-electron chi connectivity index (χ2n) is 8.30. The maximum Gasteiger partial charge on any atom is 0.0560 e. The molecule has 0 nitrogen and oxygen atoms in total. The van der Waals surface area contributed by atoms with Crippen molar-refractivity contribution in [3.63, 3.8) is 0 Å². The van der Waals surface area contributed by atoms with Crippen molar-refractivity contribution in [2.75, 3.05) is 0 Å². The van der Waals surface area contributed by atoms with E-state index in [-0.39, 0.29) is 5.92 Å². The first kappa shape index (κ1) is 21.2. The summed E-state index contributed by atoms with van der Waals surface area (Å²) in [4.78, 5) is 0. The fourth-order valence-electron chi connectivity index (χ4n) is 5.13. The Hall–Kier alpha value is -3.61. The molecule has 0 saturated carbocycles. The van der Waals surface area contributed by atoms with Crippen LogP contribution in [0.3, 0.4) is 0 Å². The van der Waals surface area contributed by atoms with Crippen LogP contribution in [0, 0.1) is 0 Å². The molecule has 1 heteroatoms. The van der Waals surface area contributed by atoms with E-state index in [1.54, 1.807) is 0 Å². The average Bonchev–Trinajstić information content (AvgIpc) is 2.89. The van der Waals surface area contributed by atoms with Gasteiger partial charge >= 0.3 is 0 Å². The van der Waals surface area contributed by atoms with Gasteiger partial charge in [0, 0.05) is 10.9 Å². The molecule has 0 aliphatic heterocycles. The van der Waals surface area contributed by atoms with E-state index in [9.17, 15) is 0 Å². The molecule has 5 aromatic rings. The summed E-state index contributed by atoms with van der Waals surface area (Å²) in [5, 5.41) is 0.747. The molecule has 160 valence electrons. The molecule has 33 heavy (non-hydrogen) atoms. The molecular formula is C32H25Cl. The summed E-state index contributed by atoms with van der Waals surface area (Å²) in [5.41, 5.74) is 5.71. The van der Waals surface area contributed by atoms with Crippen LogP contribution in [0.25, 0.3) is 0 Å². The standard InChI is InChI=1S/C32H25Cl/c33-30-23-13-16-26(24-30)31(25-14-5-1-6-15-25)32(27-17-7-2-8-18-27,28-19-9-3-10-20-28)29-21-11-4-12-22-29/h1-24,31H/t31-/m1/s1. The van der Waals surface area contributed by atoms with Crippen molar-refractivity contribution >= 4 is 11.6 Å². The molecule has 0 fully saturated rings. The molecule has 0 radical (unpaired) electrons. The van der Waals surface area contributed by atoms with E-state index in [4.69, 9.17) is 11.6 Å². The molecule has 0 N–H and O–H groups in total. The summed E-state index contributed by atoms with van der Waals surface area (Å²) in [6.07, 6.45) is 0. The Morgan fingerprint density at radius 3 is 1.24 bits per heavy atom. The highest BCUT2D eigenvalue weighted by Gasteiger charge is 2.45. The predicted molar refractivity (Wildman–Crippen MR) is 139 cm³/mol. The first-order valence-corrected chi connectivity index (χ1v) is 11.6. The van der Waals surface area contributed by atoms with Crippen LogP contribution < -0.4 is 0 Å². The molecule has 5 aromatic carbocycles. The van der Waals surface area contributed by atoms with Gasteiger partial charge in [-0.3, -0.25) is 0 Å². The molecular weight excluding hydrogens is 420 g/mol. The van der Waals surface area contributed by atoms with Crippen LogP contribution in [-0.2, 0) is 5.41 Å². The van der Waals surface area contributed by atoms with Gasteiger partial charge in [-0.05, 0) is 39.9 Å². The third kappa shape index (κ3) is 3.99. The number of benzene rings is 5. The summed E-state index contributed by atoms with van der Waals surface area (Å²) in [5.74, 6) is 0.00426. The molecule has 0 aliphatic carbocycles. The van der Waals surface area contributed by atoms with E-state index in [0.717, 1.165) is 5.02 Å². The SMILES string of the molecule is Clc1cccc([C@@H](c2ccccc2)C(c2ccccc2)(c2ccccc2)c2ccccc2)c1. The number of hydrogen-bond acceptors (Lipinski definition) is 0. The number of halogens is 1. The fourth-order valence-corrected chi connectivity index (χ4v) is 5.33. The van der Waals surface area contributed by atoms with Gasteiger partial charge in [-0.15, -0.1) is 0 Å². The molecule has 0 bridgehead atoms. The lowest BCUT2D eigenvalue weighted by molar-refractivity contribution is 0.537. The highest BCUT2D eigenvalue weighted by atomic mass is 35.5. The normalized spacial score (nSPS) is 12.3. The number of hydrogen-bond donors (Lipinski definition) is 0. The van der Waals surface area contributed by atoms with Gasteiger partial charge in [0.05, 0.1) is 5.41 Å². The average molecular weight is 445 g/mol. The van der Waals surface area contributed by atoms with Crippen molar-refractivity contribution in [3.05, 3.63) is 178 Å². The second kappa shape index (κ2) is 9.48. The van der Waals surface area contributed by atoms with E-state index in [2.05, 4.69) is 140 Å². The second-order valence-corrected chi connectivity index (χ2v) is 8.74. The lowest BCUT2D eigenvalue weighted by Crippen LogP contribution is -2.37. The van der Waals surface area contributed by atoms with Gasteiger partial charge in [-0.25, -0.2) is 0 Å². The van der Waals surface area contributed by atoms with Gasteiger partial charge in [0.25, 0.3) is 0 Å². The fraction of sp³-hybridized carbons (Fsp3) is 0.0625. The van der Waals surface area contributed by atoms with E-state index in [0.29, 0.717) is 0 Å². The van der Waals surface area contributed by atoms with Crippen molar-refractivity contribution in [3.8, 4) is 0 Å². The van der Waals surface area contributed by atoms with Crippen LogP contribution in [0.5, 0.6) is 0 Å². The van der Waals surface area contributed by atoms with Gasteiger partial charge < -0.3 is 0 Å². The Balaban J connectivity index is 1.95. The predicted octanol–water partition coefficient (Wildman–Crippen LogP) is 8.51. The maximum absolute atomic E-state index is 6.56. The zero-order valence-electron chi connectivity index (χ0n) is 18.3. The minimum Gasteiger partial charge on any atom is -0.0843 e. The zero-order valence-corrected chi connectivity index (χ0v) is 19.1. The monoisotopic (exact) mass is 444 g/mol. The topological polar surface area (TPSA) is 0 Å². The van der Waals surface area contributed by atoms with E-state index in [1.165, 1.54) is 27.8 Å². The molecule has 0 aromatic heterocycles. The molecule has 0 unspecified atom stereocenters. The summed E-state index contributed by atoms with van der Waals surface area (Å²) >= 11 is 6.56. The van der Waals surface area contributed by atoms with E-state index < -0.39 is 5.41 Å². The summed E-state index contributed by atoms with van der Waals surface area (Å²) in [6.45, 7) is 0. The molecule has 0 heterocycles. The lowest BCUT2D eigenvalue weighted by Gasteiger charge is -2.43. The third-order valence-electron chi connectivity index (χ3n) is 6.44. The molecule has 0 aliphatic rings. The van der Waals surface area contributed by atoms with Crippen molar-refractivity contribution in [2.45, 2.75) is 11.3 Å². The van der Waals surface area contributed by atoms with Crippen molar-refractivity contribution < 1.29 is 0 Å². The zero-order chi connectivity index (χ0) is 22.5. The van der Waals surface area contributed by atoms with E-state index >= 15 is 0 Å². The first-order valence-electron chi connectivity index (χ1n) is 11.3. The molecule has 5 rings (SSSR count). The maximum atomic E-state index is 6.56. The van der Waals surface area contributed by atoms with Crippen LogP contribution in [0.1, 0.15) is 33.7 Å². The van der Waals surface area contributed by atoms with Crippen LogP contribution in [0.15, 0.2) is 146 Å². The summed E-state index contributed by atoms with van der Waals surface area (Å²) in [6, 6.07) is 51.7. The Labute approximate surface area is 201 Å². The first-order chi connectivity index (χ1) is 16.3. The highest BCUT2D eigenvalue weighted by Crippen LogP contribution is 2.52. The summed E-state index contributed by atoms with van der Waals surface area (Å²) < 4.78 is 0. The Kier molecular flexibility index (Phi) is 6.11. The van der Waals surface area contributed by atoms with Crippen LogP contribution >= 0.6 is 11.6 Å². The van der Waals surface area contributed by atoms with Gasteiger partial charge in [0.15, 0.2) is 0 Å². The van der Waals surface area contributed by atoms with Gasteiger partial charge in [0.2, 0.25) is 0 Å². The van der Waals surface area contributed by atoms with Gasteiger partial charge in [-0.1, -0.05) is 145 Å². The van der Waals surface area contributed by atoms with Crippen LogP contribution in [-0.4, -0.2) is 0 Å². The summed E-state index contributed by atoms with van der Waals surface area (Å²) in [7, 11) is 0. The lowest BCUT2D eigenvalue weighted by atomic mass is 9.58. The smallest absolute Gasteiger partial charge is 0.0560 e. The Morgan fingerprint density at radius 1 is 0.424 bits per heavy atom. The molecule has 0 saturated heterocycles. The Morgan fingerprint density at radius 2 is 0.818 bits per heavy atom. The minimum absolute atomic E-state index is 0.00426. The molecule has 1 atom stereocenters. The largest absolute Gasteiger partial charge is 0.0843 e. The van der Waals surface area contributed by atoms with Gasteiger partial charge in [-0.2, -0.15) is 0 Å². The van der Waals surface area contributed by atoms with Crippen molar-refractivity contribution in [2.24, 2.45) is 0 Å². The van der Waals surface area contributed by atoms with Crippen molar-refractivity contribution in [1.82, 2.24) is 0 Å². The highest BCUT2D eigenvalue weighted by molar-refractivity contribution is 6.30. The van der Waals surface area contributed by atoms with E-state index in [1.807, 2.05) is 6.07 Å². The van der Waals surface area contributed by atoms with Crippen LogP contribution in [0.4, 0.5) is 0 Å². The molecule has 0 amide bonds.